The maximum atomic E-state index is 14.0. The first-order valence-corrected chi connectivity index (χ1v) is 6.54. The van der Waals surface area contributed by atoms with E-state index >= 15 is 0 Å². The van der Waals surface area contributed by atoms with Gasteiger partial charge in [0.2, 0.25) is 11.8 Å². The zero-order valence-corrected chi connectivity index (χ0v) is 11.1. The highest BCUT2D eigenvalue weighted by Gasteiger charge is 2.41. The van der Waals surface area contributed by atoms with Crippen molar-refractivity contribution in [1.29, 1.82) is 0 Å². The van der Waals surface area contributed by atoms with Crippen LogP contribution >= 0.6 is 0 Å². The van der Waals surface area contributed by atoms with Gasteiger partial charge in [0.15, 0.2) is 0 Å². The number of imide groups is 1. The minimum Gasteiger partial charge on any atom is -0.399 e. The molecule has 0 aliphatic carbocycles. The Labute approximate surface area is 121 Å². The molecule has 3 rings (SSSR count). The summed E-state index contributed by atoms with van der Waals surface area (Å²) in [7, 11) is 0. The van der Waals surface area contributed by atoms with Crippen LogP contribution in [-0.2, 0) is 9.59 Å². The summed E-state index contributed by atoms with van der Waals surface area (Å²) in [5.74, 6) is -2.05. The van der Waals surface area contributed by atoms with Crippen molar-refractivity contribution in [2.45, 2.75) is 12.3 Å². The molecule has 106 valence electrons. The van der Waals surface area contributed by atoms with Gasteiger partial charge in [0.05, 0.1) is 11.6 Å². The third kappa shape index (κ3) is 2.27. The summed E-state index contributed by atoms with van der Waals surface area (Å²) in [6.07, 6.45) is 0.0483. The van der Waals surface area contributed by atoms with E-state index < -0.39 is 23.5 Å². The minimum atomic E-state index is -0.676. The van der Waals surface area contributed by atoms with Gasteiger partial charge in [0.25, 0.3) is 0 Å². The molecule has 1 saturated heterocycles. The van der Waals surface area contributed by atoms with Gasteiger partial charge in [0, 0.05) is 12.1 Å². The molecule has 1 atom stereocenters. The van der Waals surface area contributed by atoms with Gasteiger partial charge >= 0.3 is 0 Å². The Morgan fingerprint density at radius 2 is 1.81 bits per heavy atom. The number of rotatable bonds is 2. The van der Waals surface area contributed by atoms with Crippen LogP contribution in [0.2, 0.25) is 0 Å². The van der Waals surface area contributed by atoms with E-state index in [2.05, 4.69) is 0 Å². The van der Waals surface area contributed by atoms with Crippen molar-refractivity contribution in [2.75, 3.05) is 10.6 Å². The van der Waals surface area contributed by atoms with Crippen molar-refractivity contribution in [3.8, 4) is 0 Å². The van der Waals surface area contributed by atoms with Crippen molar-refractivity contribution < 1.29 is 14.0 Å². The normalized spacial score (nSPS) is 18.3. The van der Waals surface area contributed by atoms with Gasteiger partial charge in [-0.25, -0.2) is 9.29 Å². The highest BCUT2D eigenvalue weighted by atomic mass is 19.1. The maximum Gasteiger partial charge on any atom is 0.241 e. The van der Waals surface area contributed by atoms with E-state index in [1.807, 2.05) is 6.07 Å². The lowest BCUT2D eigenvalue weighted by molar-refractivity contribution is -0.121. The van der Waals surface area contributed by atoms with Gasteiger partial charge in [-0.1, -0.05) is 30.3 Å². The van der Waals surface area contributed by atoms with Crippen LogP contribution in [0.5, 0.6) is 0 Å². The van der Waals surface area contributed by atoms with Crippen LogP contribution in [0.25, 0.3) is 0 Å². The van der Waals surface area contributed by atoms with E-state index in [0.717, 1.165) is 16.5 Å². The molecule has 0 aromatic heterocycles. The van der Waals surface area contributed by atoms with E-state index in [9.17, 15) is 14.0 Å². The lowest BCUT2D eigenvalue weighted by Crippen LogP contribution is -2.30. The zero-order valence-electron chi connectivity index (χ0n) is 11.1. The number of nitrogens with two attached hydrogens (primary N) is 1. The lowest BCUT2D eigenvalue weighted by Gasteiger charge is -2.16. The van der Waals surface area contributed by atoms with Gasteiger partial charge < -0.3 is 5.73 Å². The quantitative estimate of drug-likeness (QED) is 0.680. The van der Waals surface area contributed by atoms with Crippen LogP contribution in [0, 0.1) is 5.82 Å². The smallest absolute Gasteiger partial charge is 0.241 e. The first kappa shape index (κ1) is 13.3. The molecule has 4 nitrogen and oxygen atoms in total. The number of amides is 2. The highest BCUT2D eigenvalue weighted by molar-refractivity contribution is 6.22. The second kappa shape index (κ2) is 5.01. The van der Waals surface area contributed by atoms with Gasteiger partial charge in [0.1, 0.15) is 5.82 Å². The fourth-order valence-electron chi connectivity index (χ4n) is 2.54. The average molecular weight is 284 g/mol. The molecular formula is C16H13FN2O2. The summed E-state index contributed by atoms with van der Waals surface area (Å²) in [6.45, 7) is 0. The van der Waals surface area contributed by atoms with Crippen LogP contribution < -0.4 is 10.6 Å². The molecule has 21 heavy (non-hydrogen) atoms. The number of halogens is 1. The summed E-state index contributed by atoms with van der Waals surface area (Å²) in [5.41, 5.74) is 6.45. The van der Waals surface area contributed by atoms with Crippen LogP contribution in [0.1, 0.15) is 17.9 Å². The number of nitrogen functional groups attached to an aromatic ring is 1. The number of carbonyl (C=O) groups is 2. The molecule has 0 saturated carbocycles. The van der Waals surface area contributed by atoms with E-state index in [-0.39, 0.29) is 17.8 Å². The Hall–Kier alpha value is -2.69. The largest absolute Gasteiger partial charge is 0.399 e. The molecule has 2 aromatic carbocycles. The molecule has 1 unspecified atom stereocenters. The average Bonchev–Trinajstić information content (AvgIpc) is 2.76. The van der Waals surface area contributed by atoms with E-state index in [1.54, 1.807) is 24.3 Å². The van der Waals surface area contributed by atoms with Gasteiger partial charge in [-0.3, -0.25) is 9.59 Å². The molecule has 1 aliphatic rings. The molecule has 2 aromatic rings. The Morgan fingerprint density at radius 1 is 1.10 bits per heavy atom. The molecule has 1 aliphatic heterocycles. The molecule has 0 spiro atoms. The lowest BCUT2D eigenvalue weighted by atomic mass is 9.98. The molecule has 0 radical (unpaired) electrons. The van der Waals surface area contributed by atoms with Crippen LogP contribution in [0.4, 0.5) is 15.8 Å². The standard InChI is InChI=1S/C16H13FN2O2/c17-13-8-11(18)6-7-14(13)19-15(20)9-12(16(19)21)10-4-2-1-3-5-10/h1-8,12H,9,18H2. The maximum absolute atomic E-state index is 14.0. The number of benzene rings is 2. The second-order valence-electron chi connectivity index (χ2n) is 4.95. The molecule has 1 fully saturated rings. The summed E-state index contributed by atoms with van der Waals surface area (Å²) in [4.78, 5) is 25.5. The molecule has 5 heteroatoms. The summed E-state index contributed by atoms with van der Waals surface area (Å²) < 4.78 is 14.0. The van der Waals surface area contributed by atoms with Crippen molar-refractivity contribution >= 4 is 23.2 Å². The predicted octanol–water partition coefficient (Wildman–Crippen LogP) is 2.46. The topological polar surface area (TPSA) is 63.4 Å². The molecule has 2 N–H and O–H groups in total. The number of nitrogens with zero attached hydrogens (tertiary/aromatic N) is 1. The Bertz CT molecular complexity index is 715. The Balaban J connectivity index is 1.98. The number of hydrogen-bond donors (Lipinski definition) is 1. The molecule has 2 amide bonds. The SMILES string of the molecule is Nc1ccc(N2C(=O)CC(c3ccccc3)C2=O)c(F)c1. The number of anilines is 2. The van der Waals surface area contributed by atoms with Crippen molar-refractivity contribution in [1.82, 2.24) is 0 Å². The van der Waals surface area contributed by atoms with Crippen molar-refractivity contribution in [3.05, 3.63) is 59.9 Å². The number of carbonyl (C=O) groups excluding carboxylic acids is 2. The fraction of sp³-hybridized carbons (Fsp3) is 0.125. The minimum absolute atomic E-state index is 0.0439. The first-order valence-electron chi connectivity index (χ1n) is 6.54. The predicted molar refractivity (Wildman–Crippen MR) is 77.1 cm³/mol. The van der Waals surface area contributed by atoms with Crippen LogP contribution in [0.3, 0.4) is 0 Å². The molecular weight excluding hydrogens is 271 g/mol. The second-order valence-corrected chi connectivity index (χ2v) is 4.95. The highest BCUT2D eigenvalue weighted by Crippen LogP contribution is 2.34. The van der Waals surface area contributed by atoms with Gasteiger partial charge in [-0.2, -0.15) is 0 Å². The van der Waals surface area contributed by atoms with Crippen molar-refractivity contribution in [2.24, 2.45) is 0 Å². The number of hydrogen-bond acceptors (Lipinski definition) is 3. The third-order valence-corrected chi connectivity index (χ3v) is 3.56. The van der Waals surface area contributed by atoms with Crippen LogP contribution in [0.15, 0.2) is 48.5 Å². The monoisotopic (exact) mass is 284 g/mol. The van der Waals surface area contributed by atoms with E-state index in [0.29, 0.717) is 0 Å². The molecule has 0 bridgehead atoms. The van der Waals surface area contributed by atoms with Gasteiger partial charge in [-0.15, -0.1) is 0 Å². The first-order chi connectivity index (χ1) is 10.1. The van der Waals surface area contributed by atoms with E-state index in [4.69, 9.17) is 5.73 Å². The summed E-state index contributed by atoms with van der Waals surface area (Å²) in [5, 5.41) is 0. The Morgan fingerprint density at radius 3 is 2.48 bits per heavy atom. The van der Waals surface area contributed by atoms with E-state index in [1.165, 1.54) is 12.1 Å². The van der Waals surface area contributed by atoms with Gasteiger partial charge in [-0.05, 0) is 23.8 Å². The van der Waals surface area contributed by atoms with Crippen molar-refractivity contribution in [3.63, 3.8) is 0 Å². The molecule has 1 heterocycles. The third-order valence-electron chi connectivity index (χ3n) is 3.56. The summed E-state index contributed by atoms with van der Waals surface area (Å²) in [6, 6.07) is 13.0. The summed E-state index contributed by atoms with van der Waals surface area (Å²) >= 11 is 0. The Kier molecular flexibility index (Phi) is 3.17. The van der Waals surface area contributed by atoms with Crippen LogP contribution in [-0.4, -0.2) is 11.8 Å². The fourth-order valence-corrected chi connectivity index (χ4v) is 2.54. The zero-order chi connectivity index (χ0) is 15.0.